The van der Waals surface area contributed by atoms with E-state index < -0.39 is 0 Å². The molecule has 1 rings (SSSR count). The van der Waals surface area contributed by atoms with Crippen LogP contribution in [0.1, 0.15) is 64.7 Å². The van der Waals surface area contributed by atoms with Crippen molar-refractivity contribution in [1.29, 1.82) is 5.26 Å². The molecule has 0 N–H and O–H groups in total. The fourth-order valence-corrected chi connectivity index (χ4v) is 3.47. The lowest BCUT2D eigenvalue weighted by Gasteiger charge is -2.36. The van der Waals surface area contributed by atoms with Crippen LogP contribution in [0.25, 0.3) is 0 Å². The zero-order valence-corrected chi connectivity index (χ0v) is 13.6. The molecule has 110 valence electrons. The molecule has 1 aliphatic rings. The fraction of sp³-hybridized carbons (Fsp3) is 0.938. The van der Waals surface area contributed by atoms with Crippen molar-refractivity contribution in [3.63, 3.8) is 0 Å². The molecular formula is C16H30N2S. The molecule has 1 aliphatic heterocycles. The maximum absolute atomic E-state index is 9.26. The van der Waals surface area contributed by atoms with Crippen molar-refractivity contribution in [2.75, 3.05) is 25.9 Å². The normalized spacial score (nSPS) is 19.2. The first kappa shape index (κ1) is 16.9. The number of rotatable bonds is 9. The third kappa shape index (κ3) is 6.19. The molecular weight excluding hydrogens is 252 g/mol. The summed E-state index contributed by atoms with van der Waals surface area (Å²) in [5.74, 6) is 0. The third-order valence-corrected chi connectivity index (χ3v) is 5.62. The minimum absolute atomic E-state index is 0.0867. The maximum Gasteiger partial charge on any atom is 0.104 e. The predicted octanol–water partition coefficient (Wildman–Crippen LogP) is 4.46. The summed E-state index contributed by atoms with van der Waals surface area (Å²) in [5.41, 5.74) is 0. The fourth-order valence-electron chi connectivity index (χ4n) is 2.79. The molecule has 1 heterocycles. The van der Waals surface area contributed by atoms with Gasteiger partial charge in [0.2, 0.25) is 0 Å². The van der Waals surface area contributed by atoms with Crippen molar-refractivity contribution in [2.45, 2.75) is 69.5 Å². The first-order valence-electron chi connectivity index (χ1n) is 7.95. The van der Waals surface area contributed by atoms with E-state index in [9.17, 15) is 5.26 Å². The topological polar surface area (TPSA) is 27.0 Å². The van der Waals surface area contributed by atoms with Gasteiger partial charge in [-0.3, -0.25) is 0 Å². The molecule has 19 heavy (non-hydrogen) atoms. The molecule has 0 aromatic rings. The molecule has 3 heteroatoms. The molecule has 0 aliphatic carbocycles. The smallest absolute Gasteiger partial charge is 0.104 e. The second kappa shape index (κ2) is 9.66. The van der Waals surface area contributed by atoms with Crippen molar-refractivity contribution in [3.8, 4) is 6.07 Å². The van der Waals surface area contributed by atoms with E-state index in [2.05, 4.69) is 24.1 Å². The van der Waals surface area contributed by atoms with Crippen molar-refractivity contribution in [3.05, 3.63) is 0 Å². The number of likely N-dealkylation sites (tertiary alicyclic amines) is 1. The van der Waals surface area contributed by atoms with Crippen molar-refractivity contribution >= 4 is 11.8 Å². The predicted molar refractivity (Wildman–Crippen MR) is 85.5 cm³/mol. The van der Waals surface area contributed by atoms with Crippen LogP contribution in [-0.2, 0) is 0 Å². The van der Waals surface area contributed by atoms with Crippen LogP contribution in [0.4, 0.5) is 0 Å². The van der Waals surface area contributed by atoms with E-state index in [4.69, 9.17) is 0 Å². The lowest BCUT2D eigenvalue weighted by Crippen LogP contribution is -2.41. The number of hydrogen-bond acceptors (Lipinski definition) is 3. The lowest BCUT2D eigenvalue weighted by atomic mass is 9.97. The minimum Gasteiger partial charge on any atom is -0.303 e. The average molecular weight is 282 g/mol. The first-order valence-corrected chi connectivity index (χ1v) is 9.17. The van der Waals surface area contributed by atoms with E-state index in [0.29, 0.717) is 0 Å². The Balaban J connectivity index is 2.02. The molecule has 0 aromatic heterocycles. The number of thioether (sulfide) groups is 1. The zero-order valence-electron chi connectivity index (χ0n) is 12.8. The highest BCUT2D eigenvalue weighted by Gasteiger charge is 2.33. The van der Waals surface area contributed by atoms with Crippen molar-refractivity contribution in [1.82, 2.24) is 4.90 Å². The van der Waals surface area contributed by atoms with Gasteiger partial charge in [0.15, 0.2) is 0 Å². The van der Waals surface area contributed by atoms with Gasteiger partial charge in [-0.05, 0) is 32.1 Å². The summed E-state index contributed by atoms with van der Waals surface area (Å²) in [6, 6.07) is 2.52. The Hall–Kier alpha value is -0.200. The molecule has 0 saturated carbocycles. The number of unbranched alkanes of at least 4 members (excludes halogenated alkanes) is 6. The molecule has 0 unspecified atom stereocenters. The number of nitrogens with zero attached hydrogens (tertiary/aromatic N) is 2. The SMILES string of the molecule is CCCCCCCCCN1CCC(C#N)(SC)CC1. The van der Waals surface area contributed by atoms with Crippen LogP contribution in [0.2, 0.25) is 0 Å². The van der Waals surface area contributed by atoms with Crippen LogP contribution in [0.3, 0.4) is 0 Å². The summed E-state index contributed by atoms with van der Waals surface area (Å²) in [4.78, 5) is 2.55. The van der Waals surface area contributed by atoms with Gasteiger partial charge in [-0.25, -0.2) is 0 Å². The van der Waals surface area contributed by atoms with E-state index in [1.807, 2.05) is 0 Å². The molecule has 0 aromatic carbocycles. The number of nitriles is 1. The lowest BCUT2D eigenvalue weighted by molar-refractivity contribution is 0.212. The largest absolute Gasteiger partial charge is 0.303 e. The van der Waals surface area contributed by atoms with Gasteiger partial charge < -0.3 is 4.90 Å². The van der Waals surface area contributed by atoms with Gasteiger partial charge in [0.25, 0.3) is 0 Å². The maximum atomic E-state index is 9.26. The summed E-state index contributed by atoms with van der Waals surface area (Å²) in [6.07, 6.45) is 13.9. The highest BCUT2D eigenvalue weighted by Crippen LogP contribution is 2.33. The molecule has 2 nitrogen and oxygen atoms in total. The summed E-state index contributed by atoms with van der Waals surface area (Å²) in [6.45, 7) is 5.74. The first-order chi connectivity index (χ1) is 9.26. The highest BCUT2D eigenvalue weighted by atomic mass is 32.2. The van der Waals surface area contributed by atoms with Crippen LogP contribution < -0.4 is 0 Å². The quantitative estimate of drug-likeness (QED) is 0.584. The molecule has 0 radical (unpaired) electrons. The molecule has 0 bridgehead atoms. The summed E-state index contributed by atoms with van der Waals surface area (Å²) < 4.78 is -0.0867. The Morgan fingerprint density at radius 1 is 1.05 bits per heavy atom. The van der Waals surface area contributed by atoms with Gasteiger partial charge in [-0.1, -0.05) is 45.4 Å². The third-order valence-electron chi connectivity index (χ3n) is 4.34. The average Bonchev–Trinajstić information content (AvgIpc) is 2.47. The van der Waals surface area contributed by atoms with Gasteiger partial charge in [-0.2, -0.15) is 5.26 Å². The van der Waals surface area contributed by atoms with Crippen LogP contribution >= 0.6 is 11.8 Å². The van der Waals surface area contributed by atoms with Crippen LogP contribution in [0, 0.1) is 11.3 Å². The Kier molecular flexibility index (Phi) is 8.57. The Bertz CT molecular complexity index is 264. The minimum atomic E-state index is -0.0867. The molecule has 0 spiro atoms. The number of hydrogen-bond donors (Lipinski definition) is 0. The standard InChI is InChI=1S/C16H30N2S/c1-3-4-5-6-7-8-9-12-18-13-10-16(15-17,19-2)11-14-18/h3-14H2,1-2H3. The van der Waals surface area contributed by atoms with Crippen LogP contribution in [0.15, 0.2) is 0 Å². The molecule has 0 atom stereocenters. The summed E-state index contributed by atoms with van der Waals surface area (Å²) >= 11 is 1.75. The van der Waals surface area contributed by atoms with E-state index in [1.54, 1.807) is 11.8 Å². The van der Waals surface area contributed by atoms with Gasteiger partial charge in [-0.15, -0.1) is 11.8 Å². The van der Waals surface area contributed by atoms with E-state index in [-0.39, 0.29) is 4.75 Å². The highest BCUT2D eigenvalue weighted by molar-refractivity contribution is 8.00. The van der Waals surface area contributed by atoms with Gasteiger partial charge >= 0.3 is 0 Å². The monoisotopic (exact) mass is 282 g/mol. The van der Waals surface area contributed by atoms with Crippen LogP contribution in [-0.4, -0.2) is 35.5 Å². The second-order valence-corrected chi connectivity index (χ2v) is 6.96. The van der Waals surface area contributed by atoms with Gasteiger partial charge in [0, 0.05) is 13.1 Å². The van der Waals surface area contributed by atoms with E-state index >= 15 is 0 Å². The van der Waals surface area contributed by atoms with E-state index in [0.717, 1.165) is 25.9 Å². The van der Waals surface area contributed by atoms with Gasteiger partial charge in [0.05, 0.1) is 6.07 Å². The molecule has 0 amide bonds. The Labute approximate surface area is 123 Å². The Morgan fingerprint density at radius 2 is 1.63 bits per heavy atom. The molecule has 1 fully saturated rings. The zero-order chi connectivity index (χ0) is 14.0. The summed E-state index contributed by atoms with van der Waals surface area (Å²) in [5, 5.41) is 9.26. The number of piperidine rings is 1. The molecule has 1 saturated heterocycles. The summed E-state index contributed by atoms with van der Waals surface area (Å²) in [7, 11) is 0. The van der Waals surface area contributed by atoms with Crippen LogP contribution in [0.5, 0.6) is 0 Å². The van der Waals surface area contributed by atoms with Gasteiger partial charge in [0.1, 0.15) is 4.75 Å². The second-order valence-electron chi connectivity index (χ2n) is 5.77. The van der Waals surface area contributed by atoms with Crippen molar-refractivity contribution in [2.24, 2.45) is 0 Å². The van der Waals surface area contributed by atoms with Crippen molar-refractivity contribution < 1.29 is 0 Å². The Morgan fingerprint density at radius 3 is 2.16 bits per heavy atom. The van der Waals surface area contributed by atoms with E-state index in [1.165, 1.54) is 51.5 Å².